The molecule has 0 spiro atoms. The monoisotopic (exact) mass is 244 g/mol. The van der Waals surface area contributed by atoms with E-state index in [0.717, 1.165) is 24.7 Å². The van der Waals surface area contributed by atoms with Crippen LogP contribution in [0.5, 0.6) is 0 Å². The minimum Gasteiger partial charge on any atom is -0.311 e. The largest absolute Gasteiger partial charge is 0.311 e. The van der Waals surface area contributed by atoms with Crippen LogP contribution in [-0.4, -0.2) is 23.0 Å². The summed E-state index contributed by atoms with van der Waals surface area (Å²) in [5.41, 5.74) is 3.05. The first kappa shape index (κ1) is 13.0. The van der Waals surface area contributed by atoms with Crippen LogP contribution in [0, 0.1) is 5.92 Å². The zero-order chi connectivity index (χ0) is 10.9. The second kappa shape index (κ2) is 8.13. The van der Waals surface area contributed by atoms with Gasteiger partial charge in [-0.25, -0.2) is 4.98 Å². The first-order valence-corrected chi connectivity index (χ1v) is 7.54. The molecule has 0 aliphatic rings. The number of hydrogen-bond acceptors (Lipinski definition) is 4. The van der Waals surface area contributed by atoms with Crippen LogP contribution in [0.3, 0.4) is 0 Å². The van der Waals surface area contributed by atoms with E-state index in [4.69, 9.17) is 0 Å². The van der Waals surface area contributed by atoms with Crippen molar-refractivity contribution in [3.05, 3.63) is 16.6 Å². The van der Waals surface area contributed by atoms with Gasteiger partial charge in [0.15, 0.2) is 0 Å². The molecule has 0 amide bonds. The Morgan fingerprint density at radius 2 is 2.40 bits per heavy atom. The number of hydrogen-bond donors (Lipinski definition) is 1. The summed E-state index contributed by atoms with van der Waals surface area (Å²) in [5.74, 6) is 3.37. The molecule has 0 radical (unpaired) electrons. The van der Waals surface area contributed by atoms with Gasteiger partial charge in [-0.05, 0) is 30.4 Å². The maximum Gasteiger partial charge on any atom is 0.0795 e. The maximum atomic E-state index is 4.22. The van der Waals surface area contributed by atoms with Crippen molar-refractivity contribution in [2.45, 2.75) is 26.8 Å². The third-order valence-electron chi connectivity index (χ3n) is 1.88. The summed E-state index contributed by atoms with van der Waals surface area (Å²) in [6.07, 6.45) is 1.25. The fourth-order valence-corrected chi connectivity index (χ4v) is 2.70. The van der Waals surface area contributed by atoms with Gasteiger partial charge in [-0.2, -0.15) is 11.8 Å². The van der Waals surface area contributed by atoms with Crippen LogP contribution in [0.2, 0.25) is 0 Å². The van der Waals surface area contributed by atoms with Gasteiger partial charge in [0, 0.05) is 11.9 Å². The van der Waals surface area contributed by atoms with Crippen LogP contribution >= 0.6 is 23.1 Å². The number of rotatable bonds is 8. The predicted octanol–water partition coefficient (Wildman–Crippen LogP) is 3.01. The summed E-state index contributed by atoms with van der Waals surface area (Å²) in [6.45, 7) is 6.56. The molecular formula is C11H20N2S2. The van der Waals surface area contributed by atoms with Gasteiger partial charge in [0.05, 0.1) is 11.2 Å². The van der Waals surface area contributed by atoms with Gasteiger partial charge in [-0.3, -0.25) is 0 Å². The molecule has 0 aliphatic carbocycles. The van der Waals surface area contributed by atoms with E-state index < -0.39 is 0 Å². The van der Waals surface area contributed by atoms with Crippen LogP contribution in [-0.2, 0) is 6.54 Å². The molecule has 0 unspecified atom stereocenters. The second-order valence-electron chi connectivity index (χ2n) is 3.98. The first-order chi connectivity index (χ1) is 7.29. The van der Waals surface area contributed by atoms with Crippen molar-refractivity contribution >= 4 is 23.1 Å². The molecular weight excluding hydrogens is 224 g/mol. The Hall–Kier alpha value is -0.0600. The smallest absolute Gasteiger partial charge is 0.0795 e. The molecule has 0 atom stereocenters. The molecule has 1 rings (SSSR count). The highest BCUT2D eigenvalue weighted by Gasteiger charge is 1.95. The highest BCUT2D eigenvalue weighted by Crippen LogP contribution is 2.08. The van der Waals surface area contributed by atoms with E-state index >= 15 is 0 Å². The molecule has 0 fully saturated rings. The molecule has 0 bridgehead atoms. The molecule has 1 N–H and O–H groups in total. The number of nitrogens with one attached hydrogen (secondary N) is 1. The average Bonchev–Trinajstić information content (AvgIpc) is 2.68. The van der Waals surface area contributed by atoms with Gasteiger partial charge >= 0.3 is 0 Å². The summed E-state index contributed by atoms with van der Waals surface area (Å²) in [4.78, 5) is 4.22. The van der Waals surface area contributed by atoms with Gasteiger partial charge in [0.1, 0.15) is 0 Å². The van der Waals surface area contributed by atoms with Gasteiger partial charge < -0.3 is 5.32 Å². The first-order valence-electron chi connectivity index (χ1n) is 5.44. The molecule has 1 aromatic heterocycles. The van der Waals surface area contributed by atoms with E-state index in [0.29, 0.717) is 0 Å². The molecule has 1 heterocycles. The summed E-state index contributed by atoms with van der Waals surface area (Å²) < 4.78 is 0. The van der Waals surface area contributed by atoms with E-state index in [1.165, 1.54) is 17.9 Å². The average molecular weight is 244 g/mol. The summed E-state index contributed by atoms with van der Waals surface area (Å²) in [7, 11) is 0. The van der Waals surface area contributed by atoms with Crippen molar-refractivity contribution in [2.75, 3.05) is 18.1 Å². The molecule has 4 heteroatoms. The third kappa shape index (κ3) is 6.93. The fraction of sp³-hybridized carbons (Fsp3) is 0.727. The van der Waals surface area contributed by atoms with E-state index in [-0.39, 0.29) is 0 Å². The van der Waals surface area contributed by atoms with Crippen LogP contribution in [0.4, 0.5) is 0 Å². The third-order valence-corrected chi connectivity index (χ3v) is 4.00. The number of thiazole rings is 1. The fourth-order valence-electron chi connectivity index (χ4n) is 1.16. The minimum absolute atomic E-state index is 0.818. The number of aromatic nitrogens is 1. The minimum atomic E-state index is 0.818. The predicted molar refractivity (Wildman–Crippen MR) is 70.6 cm³/mol. The van der Waals surface area contributed by atoms with Gasteiger partial charge in [0.2, 0.25) is 0 Å². The van der Waals surface area contributed by atoms with E-state index in [9.17, 15) is 0 Å². The Labute approximate surface area is 101 Å². The summed E-state index contributed by atoms with van der Waals surface area (Å²) in [5, 5.41) is 5.50. The van der Waals surface area contributed by atoms with E-state index in [1.54, 1.807) is 11.3 Å². The Balaban J connectivity index is 1.85. The molecule has 15 heavy (non-hydrogen) atoms. The molecule has 0 aromatic carbocycles. The lowest BCUT2D eigenvalue weighted by Crippen LogP contribution is -2.15. The number of nitrogens with zero attached hydrogens (tertiary/aromatic N) is 1. The molecule has 86 valence electrons. The second-order valence-corrected chi connectivity index (χ2v) is 5.85. The standard InChI is InChI=1S/C11H20N2S2/c1-10(2)7-14-5-3-4-12-6-11-8-15-9-13-11/h8-10,12H,3-7H2,1-2H3. The van der Waals surface area contributed by atoms with Crippen molar-refractivity contribution < 1.29 is 0 Å². The van der Waals surface area contributed by atoms with Gasteiger partial charge in [0.25, 0.3) is 0 Å². The SMILES string of the molecule is CC(C)CSCCCNCc1cscn1. The lowest BCUT2D eigenvalue weighted by Gasteiger charge is -2.05. The van der Waals surface area contributed by atoms with Crippen molar-refractivity contribution in [1.29, 1.82) is 0 Å². The summed E-state index contributed by atoms with van der Waals surface area (Å²) >= 11 is 3.72. The van der Waals surface area contributed by atoms with E-state index in [1.807, 2.05) is 5.51 Å². The lowest BCUT2D eigenvalue weighted by molar-refractivity contribution is 0.669. The maximum absolute atomic E-state index is 4.22. The molecule has 2 nitrogen and oxygen atoms in total. The zero-order valence-corrected chi connectivity index (χ0v) is 11.2. The highest BCUT2D eigenvalue weighted by atomic mass is 32.2. The summed E-state index contributed by atoms with van der Waals surface area (Å²) in [6, 6.07) is 0. The zero-order valence-electron chi connectivity index (χ0n) is 9.53. The van der Waals surface area contributed by atoms with Crippen LogP contribution in [0.15, 0.2) is 10.9 Å². The Bertz CT molecular complexity index is 235. The Kier molecular flexibility index (Phi) is 7.05. The van der Waals surface area contributed by atoms with Crippen LogP contribution < -0.4 is 5.32 Å². The Morgan fingerprint density at radius 1 is 1.53 bits per heavy atom. The molecule has 1 aromatic rings. The topological polar surface area (TPSA) is 24.9 Å². The van der Waals surface area contributed by atoms with Crippen molar-refractivity contribution in [3.8, 4) is 0 Å². The normalized spacial score (nSPS) is 11.1. The van der Waals surface area contributed by atoms with E-state index in [2.05, 4.69) is 41.3 Å². The number of thioether (sulfide) groups is 1. The lowest BCUT2D eigenvalue weighted by atomic mass is 10.3. The van der Waals surface area contributed by atoms with Crippen molar-refractivity contribution in [2.24, 2.45) is 5.92 Å². The quantitative estimate of drug-likeness (QED) is 0.712. The van der Waals surface area contributed by atoms with Gasteiger partial charge in [-0.15, -0.1) is 11.3 Å². The van der Waals surface area contributed by atoms with Crippen molar-refractivity contribution in [3.63, 3.8) is 0 Å². The van der Waals surface area contributed by atoms with Crippen LogP contribution in [0.25, 0.3) is 0 Å². The molecule has 0 aliphatic heterocycles. The Morgan fingerprint density at radius 3 is 3.07 bits per heavy atom. The molecule has 0 saturated heterocycles. The van der Waals surface area contributed by atoms with Crippen LogP contribution in [0.1, 0.15) is 26.0 Å². The molecule has 0 saturated carbocycles. The highest BCUT2D eigenvalue weighted by molar-refractivity contribution is 7.99. The van der Waals surface area contributed by atoms with Gasteiger partial charge in [-0.1, -0.05) is 13.8 Å². The van der Waals surface area contributed by atoms with Crippen molar-refractivity contribution in [1.82, 2.24) is 10.3 Å².